The number of carboxylic acids is 1. The maximum atomic E-state index is 13.1. The summed E-state index contributed by atoms with van der Waals surface area (Å²) in [4.78, 5) is 48.7. The van der Waals surface area contributed by atoms with E-state index in [0.717, 1.165) is 0 Å². The molecule has 0 bridgehead atoms. The molecule has 1 N–H and O–H groups in total. The Hall–Kier alpha value is -2.02. The van der Waals surface area contributed by atoms with Crippen LogP contribution in [0.3, 0.4) is 0 Å². The van der Waals surface area contributed by atoms with Crippen molar-refractivity contribution in [3.8, 4) is 0 Å². The van der Waals surface area contributed by atoms with Crippen molar-refractivity contribution in [2.24, 2.45) is 11.8 Å². The van der Waals surface area contributed by atoms with Crippen molar-refractivity contribution >= 4 is 51.2 Å². The van der Waals surface area contributed by atoms with Gasteiger partial charge < -0.3 is 19.9 Å². The third kappa shape index (κ3) is 3.57. The van der Waals surface area contributed by atoms with E-state index < -0.39 is 29.9 Å². The molecule has 5 rings (SSSR count). The van der Waals surface area contributed by atoms with E-state index in [1.165, 1.54) is 41.1 Å². The van der Waals surface area contributed by atoms with Gasteiger partial charge in [0.2, 0.25) is 11.7 Å². The van der Waals surface area contributed by atoms with Crippen LogP contribution in [0.15, 0.2) is 41.6 Å². The van der Waals surface area contributed by atoms with Crippen molar-refractivity contribution in [2.75, 3.05) is 6.26 Å². The molecule has 3 aromatic rings. The number of aliphatic hydroxyl groups excluding tert-OH is 1. The molecule has 2 aliphatic rings. The quantitative estimate of drug-likeness (QED) is 0.177. The van der Waals surface area contributed by atoms with Gasteiger partial charge in [-0.05, 0) is 25.3 Å². The summed E-state index contributed by atoms with van der Waals surface area (Å²) in [6.07, 6.45) is 5.76. The van der Waals surface area contributed by atoms with E-state index in [1.54, 1.807) is 28.9 Å². The summed E-state index contributed by atoms with van der Waals surface area (Å²) < 4.78 is 1.77. The van der Waals surface area contributed by atoms with Crippen LogP contribution in [0, 0.1) is 11.8 Å². The molecule has 4 atom stereocenters. The van der Waals surface area contributed by atoms with Gasteiger partial charge in [0.25, 0.3) is 0 Å². The fourth-order valence-electron chi connectivity index (χ4n) is 4.79. The number of hydrogen-bond donors (Lipinski definition) is 1. The van der Waals surface area contributed by atoms with E-state index in [1.807, 2.05) is 13.2 Å². The molecule has 5 heterocycles. The maximum Gasteiger partial charge on any atom is 1.00 e. The first-order valence-electron chi connectivity index (χ1n) is 10.2. The number of carbonyl (C=O) groups is 3. The van der Waals surface area contributed by atoms with Gasteiger partial charge in [0, 0.05) is 35.6 Å². The molecule has 9 nitrogen and oxygen atoms in total. The number of nitrogens with zero attached hydrogens (tertiary/aromatic N) is 4. The number of imidazole rings is 1. The molecule has 12 heteroatoms. The average Bonchev–Trinajstić information content (AvgIpc) is 3.42. The van der Waals surface area contributed by atoms with E-state index in [4.69, 9.17) is 0 Å². The Morgan fingerprint density at radius 2 is 2.09 bits per heavy atom. The minimum Gasteiger partial charge on any atom is -0.543 e. The standard InChI is InChI=1S/C22H20N4O5S2.Na/c1-9-13(17(21(30)31)26-16(9)14(10(2)27)19(26)29)12-8-25-20(33-12)15(24-22(25)32-3)18(28)11-5-4-6-23-7-11;/h4-10,14,16,27H,1-3H3,(H,30,31);/q;+1/p-1/t9-,10+,14+,16+;/m0./s1. The predicted octanol–water partition coefficient (Wildman–Crippen LogP) is -1.93. The minimum absolute atomic E-state index is 0. The Morgan fingerprint density at radius 1 is 1.35 bits per heavy atom. The molecule has 0 unspecified atom stereocenters. The van der Waals surface area contributed by atoms with Crippen molar-refractivity contribution < 1.29 is 54.2 Å². The van der Waals surface area contributed by atoms with Crippen molar-refractivity contribution in [1.82, 2.24) is 19.3 Å². The summed E-state index contributed by atoms with van der Waals surface area (Å²) in [6.45, 7) is 3.38. The molecule has 1 fully saturated rings. The third-order valence-electron chi connectivity index (χ3n) is 6.24. The smallest absolute Gasteiger partial charge is 0.543 e. The zero-order chi connectivity index (χ0) is 23.6. The molecule has 2 aliphatic heterocycles. The van der Waals surface area contributed by atoms with Crippen LogP contribution in [0.1, 0.15) is 34.8 Å². The molecule has 1 amide bonds. The average molecular weight is 507 g/mol. The predicted molar refractivity (Wildman–Crippen MR) is 119 cm³/mol. The second kappa shape index (κ2) is 9.21. The number of fused-ring (bicyclic) bond motifs is 2. The number of pyridine rings is 1. The minimum atomic E-state index is -1.44. The number of hydrogen-bond acceptors (Lipinski definition) is 9. The number of rotatable bonds is 6. The van der Waals surface area contributed by atoms with Crippen molar-refractivity contribution in [1.29, 1.82) is 0 Å². The van der Waals surface area contributed by atoms with E-state index in [2.05, 4.69) is 9.97 Å². The van der Waals surface area contributed by atoms with Crippen LogP contribution in [0.5, 0.6) is 0 Å². The summed E-state index contributed by atoms with van der Waals surface area (Å²) >= 11 is 2.61. The van der Waals surface area contributed by atoms with E-state index in [0.29, 0.717) is 26.0 Å². The van der Waals surface area contributed by atoms with Crippen molar-refractivity contribution in [3.05, 3.63) is 52.6 Å². The third-order valence-corrected chi connectivity index (χ3v) is 8.02. The number of thioether (sulfide) groups is 1. The van der Waals surface area contributed by atoms with Crippen molar-refractivity contribution in [2.45, 2.75) is 31.1 Å². The van der Waals surface area contributed by atoms with Gasteiger partial charge in [-0.1, -0.05) is 18.7 Å². The zero-order valence-corrected chi connectivity index (χ0v) is 22.5. The molecule has 0 spiro atoms. The molecule has 0 aromatic carbocycles. The number of β-lactam (4-membered cyclic amide) rings is 1. The Balaban J connectivity index is 0.00000274. The second-order valence-electron chi connectivity index (χ2n) is 8.09. The van der Waals surface area contributed by atoms with Gasteiger partial charge in [-0.2, -0.15) is 0 Å². The van der Waals surface area contributed by atoms with Crippen LogP contribution in [-0.2, 0) is 9.59 Å². The summed E-state index contributed by atoms with van der Waals surface area (Å²) in [6, 6.07) is 2.89. The van der Waals surface area contributed by atoms with Gasteiger partial charge in [-0.15, -0.1) is 11.3 Å². The Bertz CT molecular complexity index is 1350. The molecule has 34 heavy (non-hydrogen) atoms. The Labute approximate surface area is 225 Å². The van der Waals surface area contributed by atoms with E-state index in [9.17, 15) is 24.6 Å². The number of amides is 1. The number of aromatic nitrogens is 3. The van der Waals surface area contributed by atoms with Gasteiger partial charge in [-0.3, -0.25) is 19.0 Å². The van der Waals surface area contributed by atoms with Gasteiger partial charge in [0.05, 0.1) is 34.6 Å². The molecule has 0 aliphatic carbocycles. The first-order chi connectivity index (χ1) is 15.8. The number of aliphatic hydroxyl groups is 1. The SMILES string of the molecule is CSc1nc(C(=O)c2cccnc2)c2sc(C3=C(C(=O)[O-])N4C(=O)[C@H]([C@@H](C)O)[C@H]4[C@H]3C)cn12.[Na+]. The van der Waals surface area contributed by atoms with Crippen LogP contribution >= 0.6 is 23.1 Å². The molecule has 1 saturated heterocycles. The van der Waals surface area contributed by atoms with Gasteiger partial charge in [0.1, 0.15) is 10.5 Å². The van der Waals surface area contributed by atoms with Gasteiger partial charge in [-0.25, -0.2) is 4.98 Å². The summed E-state index contributed by atoms with van der Waals surface area (Å²) in [5.41, 5.74) is 0.958. The molecular weight excluding hydrogens is 487 g/mol. The molecular formula is C22H19N4NaO5S2. The Kier molecular flexibility index (Phi) is 6.80. The fourth-order valence-corrected chi connectivity index (χ4v) is 6.60. The number of carbonyl (C=O) groups excluding carboxylic acids is 3. The zero-order valence-electron chi connectivity index (χ0n) is 18.9. The maximum absolute atomic E-state index is 13.1. The Morgan fingerprint density at radius 3 is 2.68 bits per heavy atom. The normalized spacial score (nSPS) is 22.4. The number of aliphatic carboxylic acids is 1. The summed E-state index contributed by atoms with van der Waals surface area (Å²) in [7, 11) is 0. The summed E-state index contributed by atoms with van der Waals surface area (Å²) in [5.74, 6) is -3.13. The largest absolute Gasteiger partial charge is 1.00 e. The molecule has 3 aromatic heterocycles. The first kappa shape index (κ1) is 25.1. The number of carboxylic acid groups (broad SMARTS) is 1. The van der Waals surface area contributed by atoms with Crippen molar-refractivity contribution in [3.63, 3.8) is 0 Å². The topological polar surface area (TPSA) is 128 Å². The number of thiazole rings is 1. The van der Waals surface area contributed by atoms with Crippen LogP contribution in [0.25, 0.3) is 10.4 Å². The van der Waals surface area contributed by atoms with Crippen LogP contribution < -0.4 is 34.7 Å². The molecule has 0 radical (unpaired) electrons. The fraction of sp³-hybridized carbons (Fsp3) is 0.318. The molecule has 170 valence electrons. The molecule has 0 saturated carbocycles. The van der Waals surface area contributed by atoms with E-state index >= 15 is 0 Å². The van der Waals surface area contributed by atoms with Gasteiger partial charge >= 0.3 is 29.6 Å². The van der Waals surface area contributed by atoms with E-state index in [-0.39, 0.29) is 52.6 Å². The van der Waals surface area contributed by atoms with Crippen LogP contribution in [-0.4, -0.2) is 60.4 Å². The van der Waals surface area contributed by atoms with Crippen LogP contribution in [0.2, 0.25) is 0 Å². The summed E-state index contributed by atoms with van der Waals surface area (Å²) in [5, 5.41) is 22.7. The van der Waals surface area contributed by atoms with Crippen LogP contribution in [0.4, 0.5) is 0 Å². The number of ketones is 1. The first-order valence-corrected chi connectivity index (χ1v) is 12.3. The second-order valence-corrected chi connectivity index (χ2v) is 9.90. The van der Waals surface area contributed by atoms with Gasteiger partial charge in [0.15, 0.2) is 5.16 Å². The monoisotopic (exact) mass is 506 g/mol.